The van der Waals surface area contributed by atoms with Gasteiger partial charge in [-0.05, 0) is 87.0 Å². The fourth-order valence-electron chi connectivity index (χ4n) is 7.49. The molecule has 42 heavy (non-hydrogen) atoms. The summed E-state index contributed by atoms with van der Waals surface area (Å²) in [6.07, 6.45) is 15.0. The number of aryl methyl sites for hydroxylation is 3. The summed E-state index contributed by atoms with van der Waals surface area (Å²) in [5.74, 6) is -0.114. The summed E-state index contributed by atoms with van der Waals surface area (Å²) in [7, 11) is 0. The Kier molecular flexibility index (Phi) is 7.54. The normalized spacial score (nSPS) is 20.0. The van der Waals surface area contributed by atoms with E-state index in [1.807, 2.05) is 0 Å². The Hall–Kier alpha value is -3.92. The molecule has 3 aromatic rings. The SMILES string of the molecule is O=C1C(c2cc3c(n2CCCc2ccccc2)CCCC3)=C([O-])/C1=C1\C=C2CCCCC2=[N+]1CCCc1ccccc1. The molecule has 1 aliphatic heterocycles. The van der Waals surface area contributed by atoms with Crippen LogP contribution < -0.4 is 5.11 Å². The van der Waals surface area contributed by atoms with Gasteiger partial charge in [-0.2, -0.15) is 4.58 Å². The maximum Gasteiger partial charge on any atom is 0.216 e. The van der Waals surface area contributed by atoms with Gasteiger partial charge in [0.15, 0.2) is 5.71 Å². The molecule has 4 aliphatic rings. The molecule has 0 radical (unpaired) electrons. The van der Waals surface area contributed by atoms with Crippen molar-refractivity contribution in [2.75, 3.05) is 6.54 Å². The number of allylic oxidation sites excluding steroid dienone is 4. The number of carbonyl (C=O) groups excluding carboxylic acids is 1. The average Bonchev–Trinajstić information content (AvgIpc) is 3.56. The first-order valence-corrected chi connectivity index (χ1v) is 16.0. The van der Waals surface area contributed by atoms with Gasteiger partial charge in [-0.3, -0.25) is 4.79 Å². The Labute approximate surface area is 249 Å². The molecule has 2 heterocycles. The number of nitrogens with zero attached hydrogens (tertiary/aromatic N) is 2. The molecule has 7 rings (SSSR count). The molecule has 0 spiro atoms. The van der Waals surface area contributed by atoms with Crippen molar-refractivity contribution in [2.45, 2.75) is 83.6 Å². The van der Waals surface area contributed by atoms with Crippen LogP contribution in [0.25, 0.3) is 5.57 Å². The molecule has 2 aromatic carbocycles. The van der Waals surface area contributed by atoms with Crippen LogP contribution >= 0.6 is 0 Å². The standard InChI is InChI=1S/C38H40N2O2/c41-37-35(33-25-29-19-7-9-21-31(29)39(33)23-11-17-27-13-3-1-4-14-27)38(42)36(37)34-26-30-20-8-10-22-32(30)40(34)24-12-18-28-15-5-2-6-16-28/h1-6,13-16,25-26H,7-12,17-24H2. The second-order valence-electron chi connectivity index (χ2n) is 12.3. The first-order chi connectivity index (χ1) is 20.7. The highest BCUT2D eigenvalue weighted by atomic mass is 16.3. The number of ketones is 1. The second kappa shape index (κ2) is 11.8. The monoisotopic (exact) mass is 556 g/mol. The van der Waals surface area contributed by atoms with Crippen molar-refractivity contribution < 1.29 is 14.5 Å². The van der Waals surface area contributed by atoms with Crippen molar-refractivity contribution in [3.8, 4) is 0 Å². The molecule has 1 saturated carbocycles. The lowest BCUT2D eigenvalue weighted by Crippen LogP contribution is -2.33. The summed E-state index contributed by atoms with van der Waals surface area (Å²) in [6.45, 7) is 1.67. The lowest BCUT2D eigenvalue weighted by atomic mass is 9.84. The van der Waals surface area contributed by atoms with Crippen LogP contribution in [-0.2, 0) is 37.0 Å². The van der Waals surface area contributed by atoms with E-state index in [-0.39, 0.29) is 11.5 Å². The van der Waals surface area contributed by atoms with Crippen LogP contribution in [0.4, 0.5) is 0 Å². The summed E-state index contributed by atoms with van der Waals surface area (Å²) < 4.78 is 4.65. The maximum absolute atomic E-state index is 14.0. The predicted molar refractivity (Wildman–Crippen MR) is 166 cm³/mol. The maximum atomic E-state index is 14.0. The number of hydrogen-bond acceptors (Lipinski definition) is 2. The van der Waals surface area contributed by atoms with Crippen LogP contribution in [0.2, 0.25) is 0 Å². The molecule has 1 aromatic heterocycles. The molecule has 1 fully saturated rings. The quantitative estimate of drug-likeness (QED) is 0.223. The minimum atomic E-state index is -0.0571. The van der Waals surface area contributed by atoms with Gasteiger partial charge in [0.2, 0.25) is 11.5 Å². The van der Waals surface area contributed by atoms with Gasteiger partial charge in [-0.15, -0.1) is 0 Å². The van der Waals surface area contributed by atoms with E-state index in [2.05, 4.69) is 81.9 Å². The van der Waals surface area contributed by atoms with Crippen LogP contribution in [0.1, 0.15) is 79.4 Å². The predicted octanol–water partition coefficient (Wildman–Crippen LogP) is 6.51. The zero-order chi connectivity index (χ0) is 28.5. The van der Waals surface area contributed by atoms with Crippen LogP contribution in [0.5, 0.6) is 0 Å². The number of rotatable bonds is 9. The molecule has 3 aliphatic carbocycles. The Morgan fingerprint density at radius 1 is 0.762 bits per heavy atom. The van der Waals surface area contributed by atoms with Gasteiger partial charge in [0.25, 0.3) is 0 Å². The number of fused-ring (bicyclic) bond motifs is 2. The summed E-state index contributed by atoms with van der Waals surface area (Å²) in [4.78, 5) is 14.0. The first kappa shape index (κ1) is 26.9. The molecular weight excluding hydrogens is 516 g/mol. The van der Waals surface area contributed by atoms with Gasteiger partial charge in [-0.25, -0.2) is 0 Å². The number of hydrogen-bond donors (Lipinski definition) is 0. The topological polar surface area (TPSA) is 48.1 Å². The molecule has 0 atom stereocenters. The zero-order valence-corrected chi connectivity index (χ0v) is 24.5. The third-order valence-corrected chi connectivity index (χ3v) is 9.62. The molecule has 0 amide bonds. The van der Waals surface area contributed by atoms with Crippen molar-refractivity contribution in [1.82, 2.24) is 4.57 Å². The highest BCUT2D eigenvalue weighted by molar-refractivity contribution is 6.39. The van der Waals surface area contributed by atoms with Gasteiger partial charge < -0.3 is 9.67 Å². The average molecular weight is 557 g/mol. The van der Waals surface area contributed by atoms with Crippen LogP contribution in [-0.4, -0.2) is 27.2 Å². The minimum Gasteiger partial charge on any atom is -0.871 e. The Bertz CT molecular complexity index is 1630. The van der Waals surface area contributed by atoms with Crippen molar-refractivity contribution in [3.63, 3.8) is 0 Å². The lowest BCUT2D eigenvalue weighted by molar-refractivity contribution is -0.471. The molecule has 0 N–H and O–H groups in total. The van der Waals surface area contributed by atoms with Crippen LogP contribution in [0.15, 0.2) is 95.4 Å². The second-order valence-corrected chi connectivity index (χ2v) is 12.3. The number of benzene rings is 2. The minimum absolute atomic E-state index is 0.0571. The highest BCUT2D eigenvalue weighted by Crippen LogP contribution is 2.42. The molecule has 0 saturated heterocycles. The number of Topliss-reactive ketones (excluding diaryl/α,β-unsaturated/α-hetero) is 1. The molecule has 0 bridgehead atoms. The van der Waals surface area contributed by atoms with Crippen molar-refractivity contribution in [2.24, 2.45) is 0 Å². The Morgan fingerprint density at radius 3 is 2.17 bits per heavy atom. The summed E-state index contributed by atoms with van der Waals surface area (Å²) in [6, 6.07) is 23.3. The number of carbonyl (C=O) groups is 1. The van der Waals surface area contributed by atoms with Gasteiger partial charge >= 0.3 is 0 Å². The Balaban J connectivity index is 1.20. The van der Waals surface area contributed by atoms with Crippen molar-refractivity contribution >= 4 is 17.1 Å². The van der Waals surface area contributed by atoms with E-state index in [0.717, 1.165) is 75.8 Å². The molecule has 4 heteroatoms. The summed E-state index contributed by atoms with van der Waals surface area (Å²) in [5, 5.41) is 14.0. The molecular formula is C38H40N2O2. The van der Waals surface area contributed by atoms with Gasteiger partial charge in [0, 0.05) is 42.3 Å². The van der Waals surface area contributed by atoms with E-state index in [4.69, 9.17) is 0 Å². The Morgan fingerprint density at radius 2 is 1.43 bits per heavy atom. The molecule has 214 valence electrons. The highest BCUT2D eigenvalue weighted by Gasteiger charge is 2.41. The number of aromatic nitrogens is 1. The van der Waals surface area contributed by atoms with E-state index in [1.54, 1.807) is 0 Å². The third kappa shape index (κ3) is 5.02. The van der Waals surface area contributed by atoms with E-state index in [1.165, 1.54) is 59.4 Å². The van der Waals surface area contributed by atoms with Gasteiger partial charge in [0.1, 0.15) is 6.54 Å². The summed E-state index contributed by atoms with van der Waals surface area (Å²) >= 11 is 0. The lowest BCUT2D eigenvalue weighted by Gasteiger charge is -2.31. The fourth-order valence-corrected chi connectivity index (χ4v) is 7.49. The fraction of sp³-hybridized carbons (Fsp3) is 0.368. The van der Waals surface area contributed by atoms with Crippen molar-refractivity contribution in [1.29, 1.82) is 0 Å². The summed E-state index contributed by atoms with van der Waals surface area (Å²) in [5.41, 5.74) is 10.5. The van der Waals surface area contributed by atoms with E-state index in [9.17, 15) is 9.90 Å². The van der Waals surface area contributed by atoms with Crippen LogP contribution in [0.3, 0.4) is 0 Å². The third-order valence-electron chi connectivity index (χ3n) is 9.62. The first-order valence-electron chi connectivity index (χ1n) is 16.0. The van der Waals surface area contributed by atoms with E-state index in [0.29, 0.717) is 11.1 Å². The van der Waals surface area contributed by atoms with E-state index < -0.39 is 0 Å². The smallest absolute Gasteiger partial charge is 0.216 e. The zero-order valence-electron chi connectivity index (χ0n) is 24.5. The van der Waals surface area contributed by atoms with Gasteiger partial charge in [-0.1, -0.05) is 66.4 Å². The molecule has 4 nitrogen and oxygen atoms in total. The van der Waals surface area contributed by atoms with E-state index >= 15 is 0 Å². The van der Waals surface area contributed by atoms with Crippen molar-refractivity contribution in [3.05, 3.63) is 123 Å². The van der Waals surface area contributed by atoms with Crippen LogP contribution in [0, 0.1) is 0 Å². The van der Waals surface area contributed by atoms with Gasteiger partial charge in [0.05, 0.1) is 11.3 Å². The largest absolute Gasteiger partial charge is 0.871 e. The molecule has 0 unspecified atom stereocenters.